The average Bonchev–Trinajstić information content (AvgIpc) is 3.76. The summed E-state index contributed by atoms with van der Waals surface area (Å²) in [6, 6.07) is 67.6. The second kappa shape index (κ2) is 13.6. The van der Waals surface area contributed by atoms with Gasteiger partial charge >= 0.3 is 0 Å². The smallest absolute Gasteiger partial charge is 0.196 e. The first-order chi connectivity index (χ1) is 28.2. The molecule has 0 saturated heterocycles. The first-order valence-corrected chi connectivity index (χ1v) is 19.2. The Kier molecular flexibility index (Phi) is 7.81. The lowest BCUT2D eigenvalue weighted by Crippen LogP contribution is -2.09. The zero-order chi connectivity index (χ0) is 37.7. The van der Waals surface area contributed by atoms with Gasteiger partial charge in [-0.25, -0.2) is 15.0 Å². The molecule has 0 amide bonds. The average molecular weight is 731 g/mol. The number of ether oxygens (including phenoxy) is 1. The highest BCUT2D eigenvalue weighted by atomic mass is 16.5. The Morgan fingerprint density at radius 1 is 0.368 bits per heavy atom. The Morgan fingerprint density at radius 3 is 1.68 bits per heavy atom. The Bertz CT molecular complexity index is 3120. The molecule has 0 bridgehead atoms. The summed E-state index contributed by atoms with van der Waals surface area (Å²) in [5, 5.41) is 10.7. The highest BCUT2D eigenvalue weighted by Crippen LogP contribution is 2.49. The SMILES string of the molecule is c1ccc(-c2nc(-c3ccc(-c4cccc5ccccc45)cc3)nc(-c3cccc(-c4ccc5c(c4)c4c(c6ccccc65)NC(c5ccccc5)O4)c3)n2)cc1. The van der Waals surface area contributed by atoms with Crippen LogP contribution in [0.3, 0.4) is 0 Å². The fourth-order valence-electron chi connectivity index (χ4n) is 8.13. The van der Waals surface area contributed by atoms with Crippen molar-refractivity contribution in [2.45, 2.75) is 6.23 Å². The Balaban J connectivity index is 0.999. The van der Waals surface area contributed by atoms with Gasteiger partial charge in [-0.3, -0.25) is 0 Å². The second-order valence-electron chi connectivity index (χ2n) is 14.4. The summed E-state index contributed by atoms with van der Waals surface area (Å²) in [6.07, 6.45) is -0.270. The molecule has 10 aromatic rings. The first-order valence-electron chi connectivity index (χ1n) is 19.2. The van der Waals surface area contributed by atoms with Crippen LogP contribution in [0.1, 0.15) is 11.8 Å². The molecule has 1 atom stereocenters. The molecule has 1 aromatic heterocycles. The number of rotatable bonds is 6. The van der Waals surface area contributed by atoms with E-state index in [-0.39, 0.29) is 6.23 Å². The van der Waals surface area contributed by atoms with E-state index in [0.717, 1.165) is 66.5 Å². The second-order valence-corrected chi connectivity index (χ2v) is 14.4. The number of anilines is 1. The van der Waals surface area contributed by atoms with Gasteiger partial charge in [0.25, 0.3) is 0 Å². The molecular weight excluding hydrogens is 697 g/mol. The number of benzene rings is 9. The molecule has 57 heavy (non-hydrogen) atoms. The van der Waals surface area contributed by atoms with Crippen LogP contribution >= 0.6 is 0 Å². The van der Waals surface area contributed by atoms with Crippen molar-refractivity contribution in [3.05, 3.63) is 200 Å². The highest BCUT2D eigenvalue weighted by Gasteiger charge is 2.28. The monoisotopic (exact) mass is 730 g/mol. The van der Waals surface area contributed by atoms with Crippen LogP contribution in [0.25, 0.3) is 88.7 Å². The van der Waals surface area contributed by atoms with Crippen molar-refractivity contribution in [2.24, 2.45) is 0 Å². The zero-order valence-corrected chi connectivity index (χ0v) is 30.8. The minimum atomic E-state index is -0.270. The molecule has 1 aliphatic rings. The van der Waals surface area contributed by atoms with Gasteiger partial charge in [-0.1, -0.05) is 182 Å². The van der Waals surface area contributed by atoms with E-state index >= 15 is 0 Å². The normalized spacial score (nSPS) is 13.4. The fraction of sp³-hybridized carbons (Fsp3) is 0.0192. The van der Waals surface area contributed by atoms with Gasteiger partial charge in [0, 0.05) is 33.0 Å². The van der Waals surface area contributed by atoms with Crippen LogP contribution in [-0.2, 0) is 0 Å². The van der Waals surface area contributed by atoms with Crippen molar-refractivity contribution in [2.75, 3.05) is 5.32 Å². The van der Waals surface area contributed by atoms with E-state index < -0.39 is 0 Å². The van der Waals surface area contributed by atoms with Gasteiger partial charge in [-0.15, -0.1) is 0 Å². The predicted molar refractivity (Wildman–Crippen MR) is 233 cm³/mol. The number of fused-ring (bicyclic) bond motifs is 7. The van der Waals surface area contributed by atoms with Crippen LogP contribution < -0.4 is 10.1 Å². The number of nitrogens with zero attached hydrogens (tertiary/aromatic N) is 3. The zero-order valence-electron chi connectivity index (χ0n) is 30.8. The molecule has 0 fully saturated rings. The number of aromatic nitrogens is 3. The van der Waals surface area contributed by atoms with Gasteiger partial charge in [-0.2, -0.15) is 0 Å². The molecule has 0 spiro atoms. The summed E-state index contributed by atoms with van der Waals surface area (Å²) in [6.45, 7) is 0. The predicted octanol–water partition coefficient (Wildman–Crippen LogP) is 13.2. The molecule has 268 valence electrons. The quantitative estimate of drug-likeness (QED) is 0.173. The van der Waals surface area contributed by atoms with Crippen LogP contribution in [0.15, 0.2) is 194 Å². The van der Waals surface area contributed by atoms with Gasteiger partial charge in [0.2, 0.25) is 0 Å². The van der Waals surface area contributed by atoms with Crippen LogP contribution in [0.5, 0.6) is 5.75 Å². The molecule has 1 aliphatic heterocycles. The number of hydrogen-bond donors (Lipinski definition) is 1. The molecule has 0 radical (unpaired) electrons. The van der Waals surface area contributed by atoms with Crippen molar-refractivity contribution in [3.8, 4) is 62.2 Å². The summed E-state index contributed by atoms with van der Waals surface area (Å²) in [5.41, 5.74) is 9.36. The maximum absolute atomic E-state index is 6.72. The number of nitrogens with one attached hydrogen (secondary N) is 1. The molecule has 11 rings (SSSR count). The lowest BCUT2D eigenvalue weighted by atomic mass is 9.95. The van der Waals surface area contributed by atoms with Crippen molar-refractivity contribution < 1.29 is 4.74 Å². The third-order valence-electron chi connectivity index (χ3n) is 11.0. The molecular formula is C52H34N4O. The molecule has 5 heteroatoms. The summed E-state index contributed by atoms with van der Waals surface area (Å²) < 4.78 is 6.72. The molecule has 2 heterocycles. The topological polar surface area (TPSA) is 59.9 Å². The van der Waals surface area contributed by atoms with Crippen LogP contribution in [-0.4, -0.2) is 15.0 Å². The van der Waals surface area contributed by atoms with Crippen molar-refractivity contribution in [1.29, 1.82) is 0 Å². The van der Waals surface area contributed by atoms with E-state index in [2.05, 4.69) is 151 Å². The Labute approximate surface area is 330 Å². The minimum absolute atomic E-state index is 0.270. The Hall–Kier alpha value is -7.63. The maximum Gasteiger partial charge on any atom is 0.196 e. The van der Waals surface area contributed by atoms with Gasteiger partial charge in [0.05, 0.1) is 5.69 Å². The van der Waals surface area contributed by atoms with Crippen molar-refractivity contribution in [1.82, 2.24) is 15.0 Å². The minimum Gasteiger partial charge on any atom is -0.464 e. The third-order valence-corrected chi connectivity index (χ3v) is 11.0. The molecule has 9 aromatic carbocycles. The molecule has 0 saturated carbocycles. The van der Waals surface area contributed by atoms with Crippen molar-refractivity contribution >= 4 is 38.0 Å². The van der Waals surface area contributed by atoms with Gasteiger partial charge in [0.15, 0.2) is 29.5 Å². The van der Waals surface area contributed by atoms with E-state index in [1.165, 1.54) is 21.7 Å². The first kappa shape index (κ1) is 32.8. The summed E-state index contributed by atoms with van der Waals surface area (Å²) >= 11 is 0. The Morgan fingerprint density at radius 2 is 0.895 bits per heavy atom. The lowest BCUT2D eigenvalue weighted by Gasteiger charge is -2.13. The molecule has 1 N–H and O–H groups in total. The third kappa shape index (κ3) is 5.85. The van der Waals surface area contributed by atoms with E-state index in [1.54, 1.807) is 0 Å². The number of hydrogen-bond acceptors (Lipinski definition) is 5. The summed E-state index contributed by atoms with van der Waals surface area (Å²) in [7, 11) is 0. The van der Waals surface area contributed by atoms with Crippen LogP contribution in [0.2, 0.25) is 0 Å². The van der Waals surface area contributed by atoms with E-state index in [1.807, 2.05) is 48.5 Å². The summed E-state index contributed by atoms with van der Waals surface area (Å²) in [4.78, 5) is 15.2. The standard InChI is InChI=1S/C52H34N4O/c1-3-14-35(15-4-1)49-54-50(36-27-25-34(26-28-36)42-24-12-18-33-13-7-8-21-41(33)42)56-51(55-49)40-20-11-19-38(31-40)39-29-30-44-43-22-9-10-23-45(43)47-48(46(44)32-39)57-52(53-47)37-16-5-2-6-17-37/h1-32,52-53H. The van der Waals surface area contributed by atoms with Gasteiger partial charge in [-0.05, 0) is 55.9 Å². The van der Waals surface area contributed by atoms with Gasteiger partial charge < -0.3 is 10.1 Å². The molecule has 1 unspecified atom stereocenters. The molecule has 0 aliphatic carbocycles. The highest BCUT2D eigenvalue weighted by molar-refractivity contribution is 6.18. The van der Waals surface area contributed by atoms with Crippen LogP contribution in [0, 0.1) is 0 Å². The lowest BCUT2D eigenvalue weighted by molar-refractivity contribution is 0.262. The van der Waals surface area contributed by atoms with E-state index in [0.29, 0.717) is 17.5 Å². The maximum atomic E-state index is 6.72. The molecule has 5 nitrogen and oxygen atoms in total. The largest absolute Gasteiger partial charge is 0.464 e. The van der Waals surface area contributed by atoms with Gasteiger partial charge in [0.1, 0.15) is 0 Å². The summed E-state index contributed by atoms with van der Waals surface area (Å²) in [5.74, 6) is 2.74. The van der Waals surface area contributed by atoms with Crippen LogP contribution in [0.4, 0.5) is 5.69 Å². The fourth-order valence-corrected chi connectivity index (χ4v) is 8.13. The van der Waals surface area contributed by atoms with E-state index in [4.69, 9.17) is 19.7 Å². The van der Waals surface area contributed by atoms with Crippen molar-refractivity contribution in [3.63, 3.8) is 0 Å². The van der Waals surface area contributed by atoms with E-state index in [9.17, 15) is 0 Å².